The Hall–Kier alpha value is -1.49. The van der Waals surface area contributed by atoms with Crippen LogP contribution in [0, 0.1) is 16.7 Å². The fourth-order valence-corrected chi connectivity index (χ4v) is 2.40. The molecular formula is C16H21NO. The fourth-order valence-electron chi connectivity index (χ4n) is 2.40. The van der Waals surface area contributed by atoms with E-state index < -0.39 is 0 Å². The molecule has 0 bridgehead atoms. The molecule has 0 spiro atoms. The van der Waals surface area contributed by atoms with Gasteiger partial charge in [0.25, 0.3) is 0 Å². The lowest BCUT2D eigenvalue weighted by Gasteiger charge is -2.15. The third-order valence-corrected chi connectivity index (χ3v) is 3.59. The number of ether oxygens (including phenoxy) is 1. The zero-order valence-corrected chi connectivity index (χ0v) is 11.3. The van der Waals surface area contributed by atoms with Gasteiger partial charge in [-0.2, -0.15) is 5.26 Å². The van der Waals surface area contributed by atoms with Gasteiger partial charge in [-0.25, -0.2) is 0 Å². The molecule has 1 aromatic rings. The van der Waals surface area contributed by atoms with Crippen LogP contribution in [0.25, 0.3) is 0 Å². The summed E-state index contributed by atoms with van der Waals surface area (Å²) in [5, 5.41) is 8.93. The molecule has 0 saturated heterocycles. The lowest BCUT2D eigenvalue weighted by molar-refractivity contribution is 0.284. The molecule has 0 fully saturated rings. The highest BCUT2D eigenvalue weighted by molar-refractivity contribution is 5.38. The van der Waals surface area contributed by atoms with Crippen molar-refractivity contribution in [2.45, 2.75) is 46.0 Å². The maximum atomic E-state index is 8.93. The molecule has 0 radical (unpaired) electrons. The first-order chi connectivity index (χ1) is 8.61. The van der Waals surface area contributed by atoms with E-state index in [2.05, 4.69) is 24.3 Å². The second-order valence-electron chi connectivity index (χ2n) is 5.73. The van der Waals surface area contributed by atoms with E-state index >= 15 is 0 Å². The Morgan fingerprint density at radius 2 is 2.06 bits per heavy atom. The van der Waals surface area contributed by atoms with Crippen LogP contribution in [-0.4, -0.2) is 6.61 Å². The molecule has 96 valence electrons. The minimum Gasteiger partial charge on any atom is -0.494 e. The van der Waals surface area contributed by atoms with Crippen molar-refractivity contribution in [1.82, 2.24) is 0 Å². The summed E-state index contributed by atoms with van der Waals surface area (Å²) in [4.78, 5) is 0. The van der Waals surface area contributed by atoms with Gasteiger partial charge in [-0.05, 0) is 69.2 Å². The zero-order valence-electron chi connectivity index (χ0n) is 11.3. The van der Waals surface area contributed by atoms with Gasteiger partial charge in [0.2, 0.25) is 0 Å². The highest BCUT2D eigenvalue weighted by atomic mass is 16.5. The van der Waals surface area contributed by atoms with E-state index in [4.69, 9.17) is 10.00 Å². The average Bonchev–Trinajstić information content (AvgIpc) is 2.82. The monoisotopic (exact) mass is 243 g/mol. The molecular weight excluding hydrogens is 222 g/mol. The molecule has 0 aliphatic heterocycles. The van der Waals surface area contributed by atoms with Gasteiger partial charge < -0.3 is 4.74 Å². The van der Waals surface area contributed by atoms with Crippen LogP contribution < -0.4 is 4.74 Å². The largest absolute Gasteiger partial charge is 0.494 e. The zero-order chi connectivity index (χ0) is 13.0. The van der Waals surface area contributed by atoms with Crippen LogP contribution >= 0.6 is 0 Å². The van der Waals surface area contributed by atoms with Crippen LogP contribution in [-0.2, 0) is 12.8 Å². The summed E-state index contributed by atoms with van der Waals surface area (Å²) in [5.41, 5.74) is 2.69. The van der Waals surface area contributed by atoms with Gasteiger partial charge in [0.05, 0.1) is 18.1 Å². The van der Waals surface area contributed by atoms with Crippen molar-refractivity contribution >= 4 is 0 Å². The van der Waals surface area contributed by atoms with Gasteiger partial charge in [-0.15, -0.1) is 0 Å². The van der Waals surface area contributed by atoms with Gasteiger partial charge in [0, 0.05) is 0 Å². The summed E-state index contributed by atoms with van der Waals surface area (Å²) in [6.45, 7) is 4.65. The first-order valence-corrected chi connectivity index (χ1v) is 6.77. The number of hydrogen-bond donors (Lipinski definition) is 0. The minimum absolute atomic E-state index is 0.235. The smallest absolute Gasteiger partial charge is 0.119 e. The SMILES string of the molecule is CC(C)(C#N)CCCOc1ccc2c(c1)CCC2. The highest BCUT2D eigenvalue weighted by Gasteiger charge is 2.16. The lowest BCUT2D eigenvalue weighted by atomic mass is 9.90. The first kappa shape index (κ1) is 13.0. The normalized spacial score (nSPS) is 14.1. The van der Waals surface area contributed by atoms with E-state index in [-0.39, 0.29) is 5.41 Å². The molecule has 0 unspecified atom stereocenters. The third kappa shape index (κ3) is 3.26. The predicted molar refractivity (Wildman–Crippen MR) is 72.6 cm³/mol. The van der Waals surface area contributed by atoms with Crippen LogP contribution in [0.3, 0.4) is 0 Å². The van der Waals surface area contributed by atoms with Crippen molar-refractivity contribution in [3.8, 4) is 11.8 Å². The molecule has 0 amide bonds. The molecule has 1 aromatic carbocycles. The van der Waals surface area contributed by atoms with Crippen molar-refractivity contribution in [3.63, 3.8) is 0 Å². The van der Waals surface area contributed by atoms with E-state index in [1.165, 1.54) is 30.4 Å². The maximum Gasteiger partial charge on any atom is 0.119 e. The van der Waals surface area contributed by atoms with Crippen molar-refractivity contribution in [1.29, 1.82) is 5.26 Å². The van der Waals surface area contributed by atoms with E-state index in [0.29, 0.717) is 6.61 Å². The molecule has 1 aliphatic rings. The van der Waals surface area contributed by atoms with Gasteiger partial charge in [0.1, 0.15) is 5.75 Å². The predicted octanol–water partition coefficient (Wildman–Crippen LogP) is 3.88. The number of benzene rings is 1. The summed E-state index contributed by atoms with van der Waals surface area (Å²) in [5.74, 6) is 0.977. The van der Waals surface area contributed by atoms with E-state index in [0.717, 1.165) is 18.6 Å². The average molecular weight is 243 g/mol. The Kier molecular flexibility index (Phi) is 3.91. The summed E-state index contributed by atoms with van der Waals surface area (Å²) in [6, 6.07) is 8.76. The first-order valence-electron chi connectivity index (χ1n) is 6.77. The van der Waals surface area contributed by atoms with Crippen molar-refractivity contribution in [2.24, 2.45) is 5.41 Å². The standard InChI is InChI=1S/C16H21NO/c1-16(2,12-17)9-4-10-18-15-8-7-13-5-3-6-14(13)11-15/h7-8,11H,3-6,9-10H2,1-2H3. The van der Waals surface area contributed by atoms with E-state index in [1.807, 2.05) is 13.8 Å². The summed E-state index contributed by atoms with van der Waals surface area (Å²) in [7, 11) is 0. The highest BCUT2D eigenvalue weighted by Crippen LogP contribution is 2.26. The van der Waals surface area contributed by atoms with Crippen LogP contribution in [0.15, 0.2) is 18.2 Å². The molecule has 2 heteroatoms. The summed E-state index contributed by atoms with van der Waals surface area (Å²) < 4.78 is 5.76. The summed E-state index contributed by atoms with van der Waals surface area (Å²) in [6.07, 6.45) is 5.49. The van der Waals surface area contributed by atoms with Gasteiger partial charge >= 0.3 is 0 Å². The molecule has 0 saturated carbocycles. The van der Waals surface area contributed by atoms with Crippen LogP contribution in [0.4, 0.5) is 0 Å². The molecule has 2 nitrogen and oxygen atoms in total. The van der Waals surface area contributed by atoms with Crippen LogP contribution in [0.2, 0.25) is 0 Å². The van der Waals surface area contributed by atoms with Crippen molar-refractivity contribution in [2.75, 3.05) is 6.61 Å². The quantitative estimate of drug-likeness (QED) is 0.735. The van der Waals surface area contributed by atoms with Gasteiger partial charge in [0.15, 0.2) is 0 Å². The number of nitrogens with zero attached hydrogens (tertiary/aromatic N) is 1. The molecule has 0 atom stereocenters. The Morgan fingerprint density at radius 1 is 1.28 bits per heavy atom. The van der Waals surface area contributed by atoms with Gasteiger partial charge in [-0.3, -0.25) is 0 Å². The topological polar surface area (TPSA) is 33.0 Å². The minimum atomic E-state index is -0.235. The molecule has 18 heavy (non-hydrogen) atoms. The number of rotatable bonds is 5. The van der Waals surface area contributed by atoms with Crippen LogP contribution in [0.1, 0.15) is 44.2 Å². The van der Waals surface area contributed by atoms with Gasteiger partial charge in [-0.1, -0.05) is 6.07 Å². The summed E-state index contributed by atoms with van der Waals surface area (Å²) >= 11 is 0. The Labute approximate surface area is 110 Å². The Morgan fingerprint density at radius 3 is 2.83 bits per heavy atom. The molecule has 2 rings (SSSR count). The van der Waals surface area contributed by atoms with Crippen molar-refractivity contribution < 1.29 is 4.74 Å². The number of hydrogen-bond acceptors (Lipinski definition) is 2. The van der Waals surface area contributed by atoms with Crippen molar-refractivity contribution in [3.05, 3.63) is 29.3 Å². The Balaban J connectivity index is 1.79. The number of aryl methyl sites for hydroxylation is 2. The molecule has 0 aromatic heterocycles. The fraction of sp³-hybridized carbons (Fsp3) is 0.562. The second-order valence-corrected chi connectivity index (χ2v) is 5.73. The number of fused-ring (bicyclic) bond motifs is 1. The lowest BCUT2D eigenvalue weighted by Crippen LogP contribution is -2.10. The Bertz CT molecular complexity index is 457. The van der Waals surface area contributed by atoms with E-state index in [1.54, 1.807) is 0 Å². The molecule has 0 N–H and O–H groups in total. The molecule has 1 aliphatic carbocycles. The van der Waals surface area contributed by atoms with E-state index in [9.17, 15) is 0 Å². The third-order valence-electron chi connectivity index (χ3n) is 3.59. The molecule has 0 heterocycles. The van der Waals surface area contributed by atoms with Crippen LogP contribution in [0.5, 0.6) is 5.75 Å². The second kappa shape index (κ2) is 5.44. The maximum absolute atomic E-state index is 8.93. The number of nitriles is 1.